The summed E-state index contributed by atoms with van der Waals surface area (Å²) in [6.07, 6.45) is -2.76. The van der Waals surface area contributed by atoms with Gasteiger partial charge in [-0.15, -0.1) is 5.92 Å². The van der Waals surface area contributed by atoms with Gasteiger partial charge in [-0.25, -0.2) is 9.59 Å². The molecule has 0 radical (unpaired) electrons. The molecule has 2 N–H and O–H groups in total. The van der Waals surface area contributed by atoms with E-state index in [1.54, 1.807) is 16.1 Å². The first-order chi connectivity index (χ1) is 15.1. The van der Waals surface area contributed by atoms with Crippen LogP contribution in [-0.4, -0.2) is 62.5 Å². The number of hydrogen-bond acceptors (Lipinski definition) is 6. The zero-order valence-corrected chi connectivity index (χ0v) is 18.0. The lowest BCUT2D eigenvalue weighted by atomic mass is 10.3. The van der Waals surface area contributed by atoms with Crippen LogP contribution in [0, 0.1) is 17.8 Å². The maximum absolute atomic E-state index is 13.0. The van der Waals surface area contributed by atoms with Gasteiger partial charge < -0.3 is 15.3 Å². The van der Waals surface area contributed by atoms with Gasteiger partial charge in [0.25, 0.3) is 0 Å². The summed E-state index contributed by atoms with van der Waals surface area (Å²) in [5.74, 6) is 4.42. The maximum Gasteiger partial charge on any atom is 0.490 e. The largest absolute Gasteiger partial charge is 0.490 e. The zero-order valence-electron chi connectivity index (χ0n) is 17.2. The number of aromatic nitrogens is 4. The Balaban J connectivity index is 0.000000360. The fourth-order valence-corrected chi connectivity index (χ4v) is 3.45. The van der Waals surface area contributed by atoms with Crippen LogP contribution in [0.25, 0.3) is 11.2 Å². The molecule has 3 heterocycles. The van der Waals surface area contributed by atoms with Crippen molar-refractivity contribution in [2.75, 3.05) is 31.1 Å². The molecule has 2 fully saturated rings. The van der Waals surface area contributed by atoms with E-state index in [0.29, 0.717) is 24.7 Å². The van der Waals surface area contributed by atoms with Gasteiger partial charge in [0, 0.05) is 32.7 Å². The van der Waals surface area contributed by atoms with Crippen LogP contribution in [0.2, 0.25) is 5.28 Å². The highest BCUT2D eigenvalue weighted by Crippen LogP contribution is 2.32. The van der Waals surface area contributed by atoms with Gasteiger partial charge in [-0.05, 0) is 37.3 Å². The van der Waals surface area contributed by atoms with Gasteiger partial charge in [-0.2, -0.15) is 23.1 Å². The molecule has 0 atom stereocenters. The van der Waals surface area contributed by atoms with Crippen LogP contribution < -0.4 is 15.9 Å². The molecule has 9 nitrogen and oxygen atoms in total. The Bertz CT molecular complexity index is 1110. The van der Waals surface area contributed by atoms with Crippen molar-refractivity contribution in [2.24, 2.45) is 5.92 Å². The molecule has 1 aliphatic carbocycles. The van der Waals surface area contributed by atoms with Gasteiger partial charge in [0.1, 0.15) is 5.52 Å². The number of carbonyl (C=O) groups is 1. The molecular weight excluding hydrogens is 453 g/mol. The SMILES string of the molecule is CC#CCn1c(=O)n(CC2CC2)c2nc(Cl)nc(N3CCNCC3)c21.O=C(O)C(F)(F)F. The minimum atomic E-state index is -5.08. The van der Waals surface area contributed by atoms with E-state index in [9.17, 15) is 18.0 Å². The lowest BCUT2D eigenvalue weighted by Gasteiger charge is -2.28. The topological polar surface area (TPSA) is 105 Å². The van der Waals surface area contributed by atoms with Crippen molar-refractivity contribution in [1.82, 2.24) is 24.4 Å². The number of piperazine rings is 1. The number of hydrogen-bond donors (Lipinski definition) is 2. The van der Waals surface area contributed by atoms with E-state index in [2.05, 4.69) is 32.0 Å². The maximum atomic E-state index is 13.0. The van der Waals surface area contributed by atoms with E-state index in [-0.39, 0.29) is 11.0 Å². The van der Waals surface area contributed by atoms with Crippen molar-refractivity contribution >= 4 is 34.6 Å². The minimum absolute atomic E-state index is 0.0717. The summed E-state index contributed by atoms with van der Waals surface area (Å²) in [6.45, 7) is 6.21. The van der Waals surface area contributed by atoms with Crippen molar-refractivity contribution < 1.29 is 23.1 Å². The summed E-state index contributed by atoms with van der Waals surface area (Å²) >= 11 is 6.22. The lowest BCUT2D eigenvalue weighted by Crippen LogP contribution is -2.44. The van der Waals surface area contributed by atoms with Crippen molar-refractivity contribution in [3.8, 4) is 11.8 Å². The van der Waals surface area contributed by atoms with Crippen molar-refractivity contribution in [3.63, 3.8) is 0 Å². The number of fused-ring (bicyclic) bond motifs is 1. The van der Waals surface area contributed by atoms with Gasteiger partial charge in [0.15, 0.2) is 11.5 Å². The Morgan fingerprint density at radius 1 is 1.25 bits per heavy atom. The molecule has 4 rings (SSSR count). The fraction of sp³-hybridized carbons (Fsp3) is 0.579. The summed E-state index contributed by atoms with van der Waals surface area (Å²) in [5, 5.41) is 10.6. The van der Waals surface area contributed by atoms with E-state index in [0.717, 1.165) is 50.4 Å². The van der Waals surface area contributed by atoms with Crippen LogP contribution >= 0.6 is 11.6 Å². The molecule has 1 aliphatic heterocycles. The average molecular weight is 475 g/mol. The number of imidazole rings is 1. The Hall–Kier alpha value is -2.78. The normalized spacial score (nSPS) is 16.2. The zero-order chi connectivity index (χ0) is 23.5. The molecule has 0 aromatic carbocycles. The van der Waals surface area contributed by atoms with Crippen LogP contribution in [0.1, 0.15) is 19.8 Å². The van der Waals surface area contributed by atoms with Gasteiger partial charge in [0.05, 0.1) is 6.54 Å². The highest BCUT2D eigenvalue weighted by molar-refractivity contribution is 6.28. The third kappa shape index (κ3) is 5.52. The van der Waals surface area contributed by atoms with Crippen molar-refractivity contribution in [1.29, 1.82) is 0 Å². The molecule has 174 valence electrons. The van der Waals surface area contributed by atoms with Crippen LogP contribution in [0.5, 0.6) is 0 Å². The monoisotopic (exact) mass is 474 g/mol. The molecule has 1 saturated heterocycles. The summed E-state index contributed by atoms with van der Waals surface area (Å²) < 4.78 is 35.2. The molecule has 0 spiro atoms. The second-order valence-electron chi connectivity index (χ2n) is 7.38. The van der Waals surface area contributed by atoms with E-state index >= 15 is 0 Å². The van der Waals surface area contributed by atoms with E-state index in [4.69, 9.17) is 21.5 Å². The summed E-state index contributed by atoms with van der Waals surface area (Å²) in [6, 6.07) is 0. The number of carboxylic acid groups (broad SMARTS) is 1. The standard InChI is InChI=1S/C17H21ClN6O.C2HF3O2/c1-2-3-8-23-13-14(22-9-6-19-7-10-22)20-16(18)21-15(13)24(17(23)25)11-12-4-5-12;3-2(4,5)1(6)7/h12,19H,4-11H2,1H3;(H,6,7). The number of rotatable bonds is 4. The van der Waals surface area contributed by atoms with Gasteiger partial charge in [0.2, 0.25) is 5.28 Å². The number of carboxylic acids is 1. The molecule has 0 bridgehead atoms. The number of nitrogens with one attached hydrogen (secondary N) is 1. The Morgan fingerprint density at radius 3 is 2.41 bits per heavy atom. The lowest BCUT2D eigenvalue weighted by molar-refractivity contribution is -0.192. The summed E-state index contributed by atoms with van der Waals surface area (Å²) in [5.41, 5.74) is 1.31. The van der Waals surface area contributed by atoms with E-state index < -0.39 is 12.1 Å². The van der Waals surface area contributed by atoms with Gasteiger partial charge >= 0.3 is 17.8 Å². The third-order valence-electron chi connectivity index (χ3n) is 5.02. The minimum Gasteiger partial charge on any atom is -0.475 e. The predicted molar refractivity (Wildman–Crippen MR) is 112 cm³/mol. The van der Waals surface area contributed by atoms with Gasteiger partial charge in [-0.3, -0.25) is 9.13 Å². The second kappa shape index (κ2) is 9.79. The van der Waals surface area contributed by atoms with Crippen LogP contribution in [0.15, 0.2) is 4.79 Å². The molecule has 0 unspecified atom stereocenters. The summed E-state index contributed by atoms with van der Waals surface area (Å²) in [4.78, 5) is 33.0. The number of alkyl halides is 3. The second-order valence-corrected chi connectivity index (χ2v) is 7.72. The number of anilines is 1. The van der Waals surface area contributed by atoms with Crippen molar-refractivity contribution in [2.45, 2.75) is 39.0 Å². The molecule has 0 amide bonds. The highest BCUT2D eigenvalue weighted by Gasteiger charge is 2.38. The van der Waals surface area contributed by atoms with E-state index in [1.807, 2.05) is 0 Å². The number of halogens is 4. The first-order valence-corrected chi connectivity index (χ1v) is 10.3. The fourth-order valence-electron chi connectivity index (χ4n) is 3.29. The molecule has 2 aliphatic rings. The van der Waals surface area contributed by atoms with Crippen molar-refractivity contribution in [3.05, 3.63) is 15.8 Å². The molecular formula is C19H22ClF3N6O3. The number of nitrogens with zero attached hydrogens (tertiary/aromatic N) is 5. The predicted octanol–water partition coefficient (Wildman–Crippen LogP) is 1.72. The molecule has 32 heavy (non-hydrogen) atoms. The Morgan fingerprint density at radius 2 is 1.88 bits per heavy atom. The quantitative estimate of drug-likeness (QED) is 0.513. The summed E-state index contributed by atoms with van der Waals surface area (Å²) in [7, 11) is 0. The van der Waals surface area contributed by atoms with Crippen LogP contribution in [0.4, 0.5) is 19.0 Å². The van der Waals surface area contributed by atoms with Crippen LogP contribution in [0.3, 0.4) is 0 Å². The first-order valence-electron chi connectivity index (χ1n) is 9.95. The Labute approximate surface area is 186 Å². The molecule has 2 aromatic rings. The number of aliphatic carboxylic acids is 1. The smallest absolute Gasteiger partial charge is 0.475 e. The Kier molecular flexibility index (Phi) is 7.30. The highest BCUT2D eigenvalue weighted by atomic mass is 35.5. The average Bonchev–Trinajstić information content (AvgIpc) is 3.53. The third-order valence-corrected chi connectivity index (χ3v) is 5.19. The van der Waals surface area contributed by atoms with E-state index in [1.165, 1.54) is 0 Å². The van der Waals surface area contributed by atoms with Crippen LogP contribution in [-0.2, 0) is 17.9 Å². The first kappa shape index (κ1) is 23.9. The van der Waals surface area contributed by atoms with Gasteiger partial charge in [-0.1, -0.05) is 5.92 Å². The molecule has 13 heteroatoms. The molecule has 2 aromatic heterocycles. The molecule has 1 saturated carbocycles.